The molecule has 1 aromatic carbocycles. The molecule has 27 heavy (non-hydrogen) atoms. The summed E-state index contributed by atoms with van der Waals surface area (Å²) in [4.78, 5) is 6.93. The van der Waals surface area contributed by atoms with E-state index in [0.717, 1.165) is 25.6 Å². The molecule has 1 aromatic rings. The SMILES string of the molecule is CN=C(NCCCCSC)NCc1cccc(CN2CCCCCC2)c1.I. The minimum atomic E-state index is 0. The number of rotatable bonds is 9. The van der Waals surface area contributed by atoms with Gasteiger partial charge in [-0.2, -0.15) is 11.8 Å². The van der Waals surface area contributed by atoms with Gasteiger partial charge < -0.3 is 10.6 Å². The molecule has 1 fully saturated rings. The van der Waals surface area contributed by atoms with Gasteiger partial charge in [0.05, 0.1) is 0 Å². The van der Waals surface area contributed by atoms with Gasteiger partial charge in [0, 0.05) is 26.7 Å². The highest BCUT2D eigenvalue weighted by atomic mass is 127. The summed E-state index contributed by atoms with van der Waals surface area (Å²) < 4.78 is 0. The number of halogens is 1. The van der Waals surface area contributed by atoms with Gasteiger partial charge in [-0.25, -0.2) is 0 Å². The molecule has 1 saturated heterocycles. The molecule has 0 unspecified atom stereocenters. The summed E-state index contributed by atoms with van der Waals surface area (Å²) in [6.07, 6.45) is 10.1. The minimum Gasteiger partial charge on any atom is -0.356 e. The Kier molecular flexibility index (Phi) is 14.1. The highest BCUT2D eigenvalue weighted by molar-refractivity contribution is 14.0. The zero-order chi connectivity index (χ0) is 18.5. The number of likely N-dealkylation sites (tertiary alicyclic amines) is 1. The van der Waals surface area contributed by atoms with Gasteiger partial charge in [0.25, 0.3) is 0 Å². The van der Waals surface area contributed by atoms with Gasteiger partial charge >= 0.3 is 0 Å². The zero-order valence-corrected chi connectivity index (χ0v) is 20.2. The smallest absolute Gasteiger partial charge is 0.191 e. The zero-order valence-electron chi connectivity index (χ0n) is 17.0. The predicted octanol–water partition coefficient (Wildman–Crippen LogP) is 4.49. The molecule has 154 valence electrons. The molecule has 0 amide bonds. The molecule has 1 aliphatic heterocycles. The Balaban J connectivity index is 0.00000364. The van der Waals surface area contributed by atoms with E-state index in [1.807, 2.05) is 18.8 Å². The normalized spacial score (nSPS) is 15.7. The first kappa shape index (κ1) is 24.6. The molecule has 0 bridgehead atoms. The van der Waals surface area contributed by atoms with Crippen LogP contribution in [0.25, 0.3) is 0 Å². The molecule has 1 heterocycles. The molecule has 2 N–H and O–H groups in total. The van der Waals surface area contributed by atoms with Gasteiger partial charge in [0.15, 0.2) is 5.96 Å². The topological polar surface area (TPSA) is 39.7 Å². The fourth-order valence-electron chi connectivity index (χ4n) is 3.38. The number of nitrogens with one attached hydrogen (secondary N) is 2. The van der Waals surface area contributed by atoms with Crippen LogP contribution in [0, 0.1) is 0 Å². The summed E-state index contributed by atoms with van der Waals surface area (Å²) in [7, 11) is 1.84. The van der Waals surface area contributed by atoms with Gasteiger partial charge in [0.2, 0.25) is 0 Å². The second kappa shape index (κ2) is 15.5. The third kappa shape index (κ3) is 10.6. The van der Waals surface area contributed by atoms with Crippen molar-refractivity contribution in [3.63, 3.8) is 0 Å². The maximum Gasteiger partial charge on any atom is 0.191 e. The van der Waals surface area contributed by atoms with Crippen molar-refractivity contribution in [3.05, 3.63) is 35.4 Å². The molecule has 1 aliphatic rings. The summed E-state index contributed by atoms with van der Waals surface area (Å²) in [5.41, 5.74) is 2.74. The first-order chi connectivity index (χ1) is 12.8. The molecule has 0 aromatic heterocycles. The fraction of sp³-hybridized carbons (Fsp3) is 0.667. The number of hydrogen-bond donors (Lipinski definition) is 2. The van der Waals surface area contributed by atoms with Crippen LogP contribution in [0.2, 0.25) is 0 Å². The van der Waals surface area contributed by atoms with E-state index in [4.69, 9.17) is 0 Å². The van der Waals surface area contributed by atoms with Crippen LogP contribution in [0.15, 0.2) is 29.3 Å². The van der Waals surface area contributed by atoms with Crippen molar-refractivity contribution < 1.29 is 0 Å². The molecule has 4 nitrogen and oxygen atoms in total. The Morgan fingerprint density at radius 3 is 2.52 bits per heavy atom. The fourth-order valence-corrected chi connectivity index (χ4v) is 3.87. The van der Waals surface area contributed by atoms with Crippen LogP contribution in [-0.2, 0) is 13.1 Å². The monoisotopic (exact) mass is 504 g/mol. The second-order valence-electron chi connectivity index (χ2n) is 7.06. The molecule has 2 rings (SSSR count). The van der Waals surface area contributed by atoms with Crippen LogP contribution in [0.1, 0.15) is 49.7 Å². The lowest BCUT2D eigenvalue weighted by Crippen LogP contribution is -2.37. The van der Waals surface area contributed by atoms with E-state index in [1.54, 1.807) is 0 Å². The van der Waals surface area contributed by atoms with Crippen LogP contribution in [0.4, 0.5) is 0 Å². The van der Waals surface area contributed by atoms with Crippen LogP contribution in [0.5, 0.6) is 0 Å². The van der Waals surface area contributed by atoms with E-state index in [0.29, 0.717) is 0 Å². The van der Waals surface area contributed by atoms with Gasteiger partial charge in [-0.15, -0.1) is 24.0 Å². The van der Waals surface area contributed by atoms with Gasteiger partial charge in [-0.3, -0.25) is 9.89 Å². The van der Waals surface area contributed by atoms with Crippen molar-refractivity contribution in [1.82, 2.24) is 15.5 Å². The van der Waals surface area contributed by atoms with E-state index in [1.165, 1.54) is 68.5 Å². The summed E-state index contributed by atoms with van der Waals surface area (Å²) in [6, 6.07) is 8.98. The Hall–Kier alpha value is -0.470. The largest absolute Gasteiger partial charge is 0.356 e. The number of thioether (sulfide) groups is 1. The van der Waals surface area contributed by atoms with Gasteiger partial charge in [-0.05, 0) is 61.9 Å². The van der Waals surface area contributed by atoms with Crippen molar-refractivity contribution in [2.45, 2.75) is 51.6 Å². The van der Waals surface area contributed by atoms with E-state index in [-0.39, 0.29) is 24.0 Å². The van der Waals surface area contributed by atoms with E-state index < -0.39 is 0 Å². The maximum atomic E-state index is 4.33. The summed E-state index contributed by atoms with van der Waals surface area (Å²) >= 11 is 1.91. The van der Waals surface area contributed by atoms with E-state index in [2.05, 4.69) is 51.0 Å². The Morgan fingerprint density at radius 1 is 1.07 bits per heavy atom. The van der Waals surface area contributed by atoms with Crippen molar-refractivity contribution in [1.29, 1.82) is 0 Å². The standard InChI is InChI=1S/C21H36N4S.HI/c1-22-21(23-12-5-8-15-26-2)24-17-19-10-9-11-20(16-19)18-25-13-6-3-4-7-14-25;/h9-11,16H,3-8,12-15,17-18H2,1-2H3,(H2,22,23,24);1H. The summed E-state index contributed by atoms with van der Waals surface area (Å²) in [6.45, 7) is 5.37. The highest BCUT2D eigenvalue weighted by Gasteiger charge is 2.09. The molecule has 0 atom stereocenters. The number of guanidine groups is 1. The highest BCUT2D eigenvalue weighted by Crippen LogP contribution is 2.14. The number of unbranched alkanes of at least 4 members (excludes halogenated alkanes) is 1. The predicted molar refractivity (Wildman–Crippen MR) is 131 cm³/mol. The lowest BCUT2D eigenvalue weighted by atomic mass is 10.1. The van der Waals surface area contributed by atoms with Crippen molar-refractivity contribution in [2.24, 2.45) is 4.99 Å². The average Bonchev–Trinajstić information content (AvgIpc) is 2.93. The number of benzene rings is 1. The van der Waals surface area contributed by atoms with Crippen molar-refractivity contribution in [3.8, 4) is 0 Å². The third-order valence-electron chi connectivity index (χ3n) is 4.85. The summed E-state index contributed by atoms with van der Waals surface area (Å²) in [5.74, 6) is 2.13. The molecule has 0 saturated carbocycles. The Morgan fingerprint density at radius 2 is 1.81 bits per heavy atom. The maximum absolute atomic E-state index is 4.33. The average molecular weight is 505 g/mol. The first-order valence-corrected chi connectivity index (χ1v) is 11.4. The van der Waals surface area contributed by atoms with Crippen molar-refractivity contribution >= 4 is 41.7 Å². The van der Waals surface area contributed by atoms with Crippen LogP contribution < -0.4 is 10.6 Å². The molecular formula is C21H37IN4S. The van der Waals surface area contributed by atoms with Crippen LogP contribution in [0.3, 0.4) is 0 Å². The second-order valence-corrected chi connectivity index (χ2v) is 8.05. The summed E-state index contributed by atoms with van der Waals surface area (Å²) in [5, 5.41) is 6.84. The number of nitrogens with zero attached hydrogens (tertiary/aromatic N) is 2. The molecule has 0 aliphatic carbocycles. The molecule has 0 radical (unpaired) electrons. The molecule has 6 heteroatoms. The minimum absolute atomic E-state index is 0. The Labute approximate surface area is 187 Å². The molecular weight excluding hydrogens is 467 g/mol. The van der Waals surface area contributed by atoms with Gasteiger partial charge in [-0.1, -0.05) is 37.1 Å². The van der Waals surface area contributed by atoms with E-state index >= 15 is 0 Å². The van der Waals surface area contributed by atoms with Crippen LogP contribution in [-0.4, -0.2) is 49.6 Å². The Bertz CT molecular complexity index is 531. The lowest BCUT2D eigenvalue weighted by molar-refractivity contribution is 0.277. The van der Waals surface area contributed by atoms with E-state index in [9.17, 15) is 0 Å². The van der Waals surface area contributed by atoms with Gasteiger partial charge in [0.1, 0.15) is 0 Å². The number of hydrogen-bond acceptors (Lipinski definition) is 3. The van der Waals surface area contributed by atoms with Crippen LogP contribution >= 0.6 is 35.7 Å². The third-order valence-corrected chi connectivity index (χ3v) is 5.54. The lowest BCUT2D eigenvalue weighted by Gasteiger charge is -2.20. The quantitative estimate of drug-likeness (QED) is 0.225. The number of aliphatic imine (C=N–C) groups is 1. The molecule has 0 spiro atoms. The first-order valence-electron chi connectivity index (χ1n) is 10.1. The van der Waals surface area contributed by atoms with Crippen molar-refractivity contribution in [2.75, 3.05) is 38.7 Å².